The number of nitrogens with zero attached hydrogens (tertiary/aromatic N) is 1. The largest absolute Gasteiger partial charge is 0.240 e. The first-order chi connectivity index (χ1) is 15.2. The standard InChI is InChI=1S/C20H18FNO2S2.C4H6.C2H6/c1-13(2)12-18-22-19(14-4-8-16(21)9-5-14)20(25-18)15-6-10-17(11-7-15)26(3,23)24;1-3-4-2;1-2/h4-11H,1,12H2,2-3H3;3-4H,1-2H2;1-2H3. The Labute approximate surface area is 195 Å². The summed E-state index contributed by atoms with van der Waals surface area (Å²) in [5.74, 6) is -0.301. The van der Waals surface area contributed by atoms with Crippen LogP contribution in [-0.2, 0) is 16.3 Å². The Morgan fingerprint density at radius 1 is 1.00 bits per heavy atom. The fraction of sp³-hybridized carbons (Fsp3) is 0.192. The lowest BCUT2D eigenvalue weighted by molar-refractivity contribution is 0.602. The summed E-state index contributed by atoms with van der Waals surface area (Å²) in [6, 6.07) is 13.0. The second-order valence-corrected chi connectivity index (χ2v) is 9.79. The third kappa shape index (κ3) is 8.02. The molecular formula is C26H30FNO2S2. The van der Waals surface area contributed by atoms with Gasteiger partial charge in [-0.15, -0.1) is 11.3 Å². The highest BCUT2D eigenvalue weighted by Gasteiger charge is 2.16. The van der Waals surface area contributed by atoms with Crippen molar-refractivity contribution in [1.82, 2.24) is 4.98 Å². The maximum absolute atomic E-state index is 13.3. The Balaban J connectivity index is 0.000000769. The Kier molecular flexibility index (Phi) is 11.0. The zero-order valence-electron chi connectivity index (χ0n) is 19.1. The summed E-state index contributed by atoms with van der Waals surface area (Å²) in [5, 5.41) is 0.916. The van der Waals surface area contributed by atoms with Gasteiger partial charge in [0.15, 0.2) is 9.84 Å². The first-order valence-electron chi connectivity index (χ1n) is 10.1. The molecule has 0 amide bonds. The summed E-state index contributed by atoms with van der Waals surface area (Å²) >= 11 is 1.54. The maximum Gasteiger partial charge on any atom is 0.175 e. The van der Waals surface area contributed by atoms with Gasteiger partial charge in [-0.05, 0) is 48.9 Å². The van der Waals surface area contributed by atoms with Gasteiger partial charge in [0.1, 0.15) is 5.82 Å². The zero-order chi connectivity index (χ0) is 24.3. The van der Waals surface area contributed by atoms with Gasteiger partial charge in [-0.25, -0.2) is 17.8 Å². The molecule has 0 saturated heterocycles. The van der Waals surface area contributed by atoms with E-state index in [0.717, 1.165) is 32.3 Å². The van der Waals surface area contributed by atoms with Crippen LogP contribution in [0.25, 0.3) is 21.7 Å². The molecule has 0 spiro atoms. The Morgan fingerprint density at radius 3 is 1.94 bits per heavy atom. The fourth-order valence-corrected chi connectivity index (χ4v) is 4.39. The van der Waals surface area contributed by atoms with Crippen LogP contribution in [0.3, 0.4) is 0 Å². The summed E-state index contributed by atoms with van der Waals surface area (Å²) in [6.45, 7) is 16.6. The second kappa shape index (κ2) is 12.9. The van der Waals surface area contributed by atoms with Crippen molar-refractivity contribution in [2.45, 2.75) is 32.1 Å². The van der Waals surface area contributed by atoms with Gasteiger partial charge in [0.05, 0.1) is 20.5 Å². The van der Waals surface area contributed by atoms with E-state index in [1.807, 2.05) is 20.8 Å². The molecule has 0 unspecified atom stereocenters. The van der Waals surface area contributed by atoms with E-state index in [2.05, 4.69) is 19.7 Å². The average molecular weight is 472 g/mol. The number of hydrogen-bond acceptors (Lipinski definition) is 4. The monoisotopic (exact) mass is 471 g/mol. The summed E-state index contributed by atoms with van der Waals surface area (Å²) in [5.41, 5.74) is 3.46. The van der Waals surface area contributed by atoms with E-state index < -0.39 is 9.84 Å². The summed E-state index contributed by atoms with van der Waals surface area (Å²) in [7, 11) is -3.25. The quantitative estimate of drug-likeness (QED) is 0.276. The molecule has 32 heavy (non-hydrogen) atoms. The molecular weight excluding hydrogens is 441 g/mol. The van der Waals surface area contributed by atoms with Gasteiger partial charge in [0.25, 0.3) is 0 Å². The molecule has 0 bridgehead atoms. The molecule has 1 aromatic heterocycles. The molecule has 0 fully saturated rings. The molecule has 0 saturated carbocycles. The number of halogens is 1. The second-order valence-electron chi connectivity index (χ2n) is 6.69. The van der Waals surface area contributed by atoms with Gasteiger partial charge in [-0.1, -0.05) is 63.4 Å². The molecule has 3 rings (SSSR count). The van der Waals surface area contributed by atoms with Gasteiger partial charge in [-0.2, -0.15) is 0 Å². The van der Waals surface area contributed by atoms with Crippen LogP contribution in [0.1, 0.15) is 25.8 Å². The number of aromatic nitrogens is 1. The molecule has 170 valence electrons. The molecule has 3 nitrogen and oxygen atoms in total. The molecule has 3 aromatic rings. The topological polar surface area (TPSA) is 47.0 Å². The van der Waals surface area contributed by atoms with Crippen molar-refractivity contribution in [2.75, 3.05) is 6.26 Å². The van der Waals surface area contributed by atoms with Crippen LogP contribution in [0, 0.1) is 5.82 Å². The Morgan fingerprint density at radius 2 is 1.50 bits per heavy atom. The number of sulfone groups is 1. The molecule has 6 heteroatoms. The van der Waals surface area contributed by atoms with Crippen LogP contribution in [0.4, 0.5) is 4.39 Å². The highest BCUT2D eigenvalue weighted by Crippen LogP contribution is 2.37. The lowest BCUT2D eigenvalue weighted by atomic mass is 10.1. The highest BCUT2D eigenvalue weighted by atomic mass is 32.2. The molecule has 0 aliphatic heterocycles. The minimum Gasteiger partial charge on any atom is -0.240 e. The number of rotatable bonds is 6. The highest BCUT2D eigenvalue weighted by molar-refractivity contribution is 7.90. The van der Waals surface area contributed by atoms with Crippen molar-refractivity contribution in [3.63, 3.8) is 0 Å². The van der Waals surface area contributed by atoms with Gasteiger partial charge in [0, 0.05) is 18.2 Å². The van der Waals surface area contributed by atoms with Crippen molar-refractivity contribution < 1.29 is 12.8 Å². The number of benzene rings is 2. The third-order valence-electron chi connectivity index (χ3n) is 3.95. The summed E-state index contributed by atoms with van der Waals surface area (Å²) < 4.78 is 36.6. The minimum absolute atomic E-state index is 0.274. The van der Waals surface area contributed by atoms with Gasteiger partial charge >= 0.3 is 0 Å². The van der Waals surface area contributed by atoms with E-state index in [0.29, 0.717) is 6.42 Å². The van der Waals surface area contributed by atoms with E-state index in [1.54, 1.807) is 48.6 Å². The van der Waals surface area contributed by atoms with Crippen LogP contribution in [0.2, 0.25) is 0 Å². The number of hydrogen-bond donors (Lipinski definition) is 0. The van der Waals surface area contributed by atoms with Crippen LogP contribution in [-0.4, -0.2) is 19.7 Å². The number of thiazole rings is 1. The minimum atomic E-state index is -3.25. The molecule has 1 heterocycles. The first-order valence-corrected chi connectivity index (χ1v) is 12.8. The maximum atomic E-state index is 13.3. The lowest BCUT2D eigenvalue weighted by Crippen LogP contribution is -1.96. The van der Waals surface area contributed by atoms with Crippen molar-refractivity contribution >= 4 is 21.2 Å². The summed E-state index contributed by atoms with van der Waals surface area (Å²) in [6.07, 6.45) is 5.13. The Hall–Kier alpha value is -2.83. The zero-order valence-corrected chi connectivity index (χ0v) is 20.7. The predicted molar refractivity (Wildman–Crippen MR) is 136 cm³/mol. The molecule has 0 aliphatic rings. The predicted octanol–water partition coefficient (Wildman–Crippen LogP) is 7.52. The molecule has 0 aliphatic carbocycles. The SMILES string of the molecule is C=C(C)Cc1nc(-c2ccc(F)cc2)c(-c2ccc(S(C)(=O)=O)cc2)s1.C=CC=C.CC. The fourth-order valence-electron chi connectivity index (χ4n) is 2.55. The van der Waals surface area contributed by atoms with Crippen LogP contribution < -0.4 is 0 Å². The van der Waals surface area contributed by atoms with E-state index in [4.69, 9.17) is 4.98 Å². The average Bonchev–Trinajstić information content (AvgIpc) is 3.18. The van der Waals surface area contributed by atoms with E-state index in [9.17, 15) is 12.8 Å². The normalized spacial score (nSPS) is 10.2. The van der Waals surface area contributed by atoms with Crippen LogP contribution in [0.5, 0.6) is 0 Å². The molecule has 0 radical (unpaired) electrons. The van der Waals surface area contributed by atoms with E-state index in [-0.39, 0.29) is 10.7 Å². The summed E-state index contributed by atoms with van der Waals surface area (Å²) in [4.78, 5) is 5.91. The van der Waals surface area contributed by atoms with Crippen molar-refractivity contribution in [3.05, 3.63) is 96.8 Å². The van der Waals surface area contributed by atoms with Gasteiger partial charge < -0.3 is 0 Å². The molecule has 0 N–H and O–H groups in total. The van der Waals surface area contributed by atoms with Crippen LogP contribution >= 0.6 is 11.3 Å². The van der Waals surface area contributed by atoms with Crippen molar-refractivity contribution in [3.8, 4) is 21.7 Å². The third-order valence-corrected chi connectivity index (χ3v) is 6.19. The van der Waals surface area contributed by atoms with E-state index >= 15 is 0 Å². The van der Waals surface area contributed by atoms with Crippen LogP contribution in [0.15, 0.2) is 90.9 Å². The van der Waals surface area contributed by atoms with Crippen molar-refractivity contribution in [1.29, 1.82) is 0 Å². The first kappa shape index (κ1) is 27.2. The molecule has 2 aromatic carbocycles. The van der Waals surface area contributed by atoms with Crippen molar-refractivity contribution in [2.24, 2.45) is 0 Å². The smallest absolute Gasteiger partial charge is 0.175 e. The lowest BCUT2D eigenvalue weighted by Gasteiger charge is -2.04. The van der Waals surface area contributed by atoms with E-state index in [1.165, 1.54) is 29.7 Å². The molecule has 0 atom stereocenters. The Bertz CT molecular complexity index is 1140. The van der Waals surface area contributed by atoms with Gasteiger partial charge in [0.2, 0.25) is 0 Å². The number of allylic oxidation sites excluding steroid dienone is 3. The van der Waals surface area contributed by atoms with Gasteiger partial charge in [-0.3, -0.25) is 0 Å².